The van der Waals surface area contributed by atoms with Crippen molar-refractivity contribution in [3.05, 3.63) is 75.7 Å². The molecule has 27 heavy (non-hydrogen) atoms. The number of amides is 1. The second-order valence-corrected chi connectivity index (χ2v) is 6.40. The third-order valence-electron chi connectivity index (χ3n) is 3.67. The molecule has 0 bridgehead atoms. The van der Waals surface area contributed by atoms with Gasteiger partial charge in [-0.3, -0.25) is 14.9 Å². The van der Waals surface area contributed by atoms with Crippen LogP contribution in [0, 0.1) is 10.1 Å². The Bertz CT molecular complexity index is 996. The molecule has 136 valence electrons. The Kier molecular flexibility index (Phi) is 5.58. The maximum atomic E-state index is 12.1. The highest BCUT2D eigenvalue weighted by molar-refractivity contribution is 7.14. The van der Waals surface area contributed by atoms with E-state index in [2.05, 4.69) is 15.6 Å². The van der Waals surface area contributed by atoms with Gasteiger partial charge in [0.05, 0.1) is 10.6 Å². The lowest BCUT2D eigenvalue weighted by Crippen LogP contribution is -2.07. The Morgan fingerprint density at radius 2 is 2.00 bits per heavy atom. The normalized spacial score (nSPS) is 10.7. The Morgan fingerprint density at radius 1 is 1.22 bits per heavy atom. The van der Waals surface area contributed by atoms with Gasteiger partial charge in [0, 0.05) is 41.9 Å². The zero-order valence-corrected chi connectivity index (χ0v) is 15.2. The first-order chi connectivity index (χ1) is 13.0. The average Bonchev–Trinajstić information content (AvgIpc) is 3.16. The summed E-state index contributed by atoms with van der Waals surface area (Å²) in [6, 6.07) is 13.4. The van der Waals surface area contributed by atoms with Gasteiger partial charge >= 0.3 is 0 Å². The average molecular weight is 380 g/mol. The lowest BCUT2D eigenvalue weighted by Gasteiger charge is -2.04. The fourth-order valence-corrected chi connectivity index (χ4v) is 3.02. The van der Waals surface area contributed by atoms with E-state index in [1.807, 2.05) is 30.6 Å². The van der Waals surface area contributed by atoms with Gasteiger partial charge in [0.15, 0.2) is 5.13 Å². The number of rotatable bonds is 6. The lowest BCUT2D eigenvalue weighted by atomic mass is 10.1. The molecule has 0 fully saturated rings. The van der Waals surface area contributed by atoms with Gasteiger partial charge in [-0.05, 0) is 35.9 Å². The van der Waals surface area contributed by atoms with Crippen molar-refractivity contribution < 1.29 is 9.72 Å². The molecule has 8 heteroatoms. The van der Waals surface area contributed by atoms with Gasteiger partial charge in [0.1, 0.15) is 0 Å². The van der Waals surface area contributed by atoms with Crippen LogP contribution >= 0.6 is 11.3 Å². The van der Waals surface area contributed by atoms with E-state index in [4.69, 9.17) is 0 Å². The van der Waals surface area contributed by atoms with Crippen molar-refractivity contribution in [2.75, 3.05) is 17.7 Å². The summed E-state index contributed by atoms with van der Waals surface area (Å²) in [4.78, 5) is 26.8. The number of benzene rings is 2. The summed E-state index contributed by atoms with van der Waals surface area (Å²) < 4.78 is 0. The van der Waals surface area contributed by atoms with Crippen molar-refractivity contribution in [1.82, 2.24) is 4.98 Å². The van der Waals surface area contributed by atoms with Gasteiger partial charge < -0.3 is 10.6 Å². The van der Waals surface area contributed by atoms with Gasteiger partial charge in [-0.1, -0.05) is 12.1 Å². The van der Waals surface area contributed by atoms with Gasteiger partial charge in [-0.25, -0.2) is 4.98 Å². The Hall–Kier alpha value is -3.52. The number of nitro groups is 1. The van der Waals surface area contributed by atoms with E-state index in [9.17, 15) is 14.9 Å². The first-order valence-corrected chi connectivity index (χ1v) is 8.90. The molecule has 3 aromatic rings. The largest absolute Gasteiger partial charge is 0.365 e. The van der Waals surface area contributed by atoms with Crippen LogP contribution in [0.5, 0.6) is 0 Å². The monoisotopic (exact) mass is 380 g/mol. The van der Waals surface area contributed by atoms with Crippen LogP contribution < -0.4 is 10.6 Å². The van der Waals surface area contributed by atoms with Gasteiger partial charge in [-0.15, -0.1) is 11.3 Å². The highest BCUT2D eigenvalue weighted by atomic mass is 32.1. The predicted octanol–water partition coefficient (Wildman–Crippen LogP) is 4.41. The maximum Gasteiger partial charge on any atom is 0.269 e. The van der Waals surface area contributed by atoms with E-state index < -0.39 is 4.92 Å². The van der Waals surface area contributed by atoms with Gasteiger partial charge in [0.2, 0.25) is 5.91 Å². The lowest BCUT2D eigenvalue weighted by molar-refractivity contribution is -0.384. The number of aromatic nitrogens is 1. The third kappa shape index (κ3) is 4.77. The van der Waals surface area contributed by atoms with Crippen molar-refractivity contribution in [2.45, 2.75) is 0 Å². The molecule has 0 saturated heterocycles. The van der Waals surface area contributed by atoms with Crippen molar-refractivity contribution in [1.29, 1.82) is 0 Å². The minimum atomic E-state index is -0.463. The molecule has 0 radical (unpaired) electrons. The molecule has 3 rings (SSSR count). The number of nitro benzene ring substituents is 1. The highest BCUT2D eigenvalue weighted by Crippen LogP contribution is 2.26. The van der Waals surface area contributed by atoms with E-state index in [1.165, 1.54) is 29.5 Å². The van der Waals surface area contributed by atoms with Crippen LogP contribution in [0.2, 0.25) is 0 Å². The topological polar surface area (TPSA) is 97.2 Å². The van der Waals surface area contributed by atoms with Crippen molar-refractivity contribution in [3.63, 3.8) is 0 Å². The summed E-state index contributed by atoms with van der Waals surface area (Å²) >= 11 is 1.51. The van der Waals surface area contributed by atoms with Crippen molar-refractivity contribution in [2.24, 2.45) is 0 Å². The van der Waals surface area contributed by atoms with E-state index in [-0.39, 0.29) is 11.6 Å². The predicted molar refractivity (Wildman–Crippen MR) is 108 cm³/mol. The molecule has 0 aliphatic heterocycles. The molecule has 1 aromatic heterocycles. The van der Waals surface area contributed by atoms with Crippen molar-refractivity contribution in [3.8, 4) is 11.3 Å². The maximum absolute atomic E-state index is 12.1. The standard InChI is InChI=1S/C19H16N4O3S/c1-20-19-22-17(12-27-19)14-3-2-4-15(11-14)21-18(24)10-7-13-5-8-16(9-6-13)23(25)26/h2-12H,1H3,(H,20,22)(H,21,24). The van der Waals surface area contributed by atoms with Crippen LogP contribution in [0.25, 0.3) is 17.3 Å². The molecule has 0 aliphatic carbocycles. The summed E-state index contributed by atoms with van der Waals surface area (Å²) in [6.07, 6.45) is 2.98. The SMILES string of the molecule is CNc1nc(-c2cccc(NC(=O)C=Cc3ccc([N+](=O)[O-])cc3)c2)cs1. The van der Waals surface area contributed by atoms with E-state index in [0.29, 0.717) is 11.3 Å². The molecule has 2 aromatic carbocycles. The number of carbonyl (C=O) groups is 1. The fraction of sp³-hybridized carbons (Fsp3) is 0.0526. The molecule has 0 atom stereocenters. The molecule has 2 N–H and O–H groups in total. The Morgan fingerprint density at radius 3 is 2.67 bits per heavy atom. The number of hydrogen-bond donors (Lipinski definition) is 2. The van der Waals surface area contributed by atoms with Crippen LogP contribution in [-0.4, -0.2) is 22.9 Å². The van der Waals surface area contributed by atoms with Gasteiger partial charge in [0.25, 0.3) is 5.69 Å². The zero-order valence-electron chi connectivity index (χ0n) is 14.4. The molecule has 0 spiro atoms. The van der Waals surface area contributed by atoms with E-state index in [1.54, 1.807) is 24.3 Å². The Balaban J connectivity index is 1.67. The summed E-state index contributed by atoms with van der Waals surface area (Å²) in [5, 5.41) is 19.2. The number of anilines is 2. The number of carbonyl (C=O) groups excluding carboxylic acids is 1. The first kappa shape index (κ1) is 18.3. The molecular weight excluding hydrogens is 364 g/mol. The zero-order chi connectivity index (χ0) is 19.2. The highest BCUT2D eigenvalue weighted by Gasteiger charge is 2.06. The summed E-state index contributed by atoms with van der Waals surface area (Å²) in [7, 11) is 1.82. The first-order valence-electron chi connectivity index (χ1n) is 8.02. The number of non-ortho nitro benzene ring substituents is 1. The van der Waals surface area contributed by atoms with Gasteiger partial charge in [-0.2, -0.15) is 0 Å². The molecule has 7 nitrogen and oxygen atoms in total. The molecular formula is C19H16N4O3S. The third-order valence-corrected chi connectivity index (χ3v) is 4.53. The van der Waals surface area contributed by atoms with Crippen LogP contribution in [0.4, 0.5) is 16.5 Å². The quantitative estimate of drug-likeness (QED) is 0.375. The minimum absolute atomic E-state index is 0.0110. The minimum Gasteiger partial charge on any atom is -0.365 e. The number of thiazole rings is 1. The molecule has 1 heterocycles. The molecule has 0 aliphatic rings. The molecule has 0 unspecified atom stereocenters. The van der Waals surface area contributed by atoms with Crippen LogP contribution in [0.1, 0.15) is 5.56 Å². The summed E-state index contributed by atoms with van der Waals surface area (Å²) in [5.41, 5.74) is 3.11. The number of nitrogens with one attached hydrogen (secondary N) is 2. The van der Waals surface area contributed by atoms with Crippen LogP contribution in [-0.2, 0) is 4.79 Å². The second kappa shape index (κ2) is 8.24. The smallest absolute Gasteiger partial charge is 0.269 e. The molecule has 0 saturated carbocycles. The van der Waals surface area contributed by atoms with E-state index in [0.717, 1.165) is 16.4 Å². The Labute approximate surface area is 159 Å². The second-order valence-electron chi connectivity index (χ2n) is 5.54. The van der Waals surface area contributed by atoms with Crippen molar-refractivity contribution >= 4 is 39.8 Å². The number of hydrogen-bond acceptors (Lipinski definition) is 6. The molecule has 1 amide bonds. The van der Waals surface area contributed by atoms with E-state index >= 15 is 0 Å². The fourth-order valence-electron chi connectivity index (χ4n) is 2.34. The summed E-state index contributed by atoms with van der Waals surface area (Å²) in [5.74, 6) is -0.292. The summed E-state index contributed by atoms with van der Waals surface area (Å²) in [6.45, 7) is 0. The van der Waals surface area contributed by atoms with Crippen LogP contribution in [0.3, 0.4) is 0 Å². The van der Waals surface area contributed by atoms with Crippen LogP contribution in [0.15, 0.2) is 60.0 Å². The number of nitrogens with zero attached hydrogens (tertiary/aromatic N) is 2.